The van der Waals surface area contributed by atoms with E-state index < -0.39 is 0 Å². The zero-order valence-corrected chi connectivity index (χ0v) is 21.9. The van der Waals surface area contributed by atoms with Crippen LogP contribution in [-0.2, 0) is 6.42 Å². The van der Waals surface area contributed by atoms with Gasteiger partial charge in [0.15, 0.2) is 5.65 Å². The lowest BCUT2D eigenvalue weighted by molar-refractivity contribution is 1.18. The monoisotopic (exact) mass is 523 g/mol. The molecule has 0 saturated carbocycles. The van der Waals surface area contributed by atoms with Gasteiger partial charge >= 0.3 is 0 Å². The number of hydrogen-bond acceptors (Lipinski definition) is 3. The van der Waals surface area contributed by atoms with Crippen LogP contribution in [0, 0.1) is 0 Å². The van der Waals surface area contributed by atoms with E-state index in [1.54, 1.807) is 0 Å². The number of pyridine rings is 3. The molecule has 0 bridgehead atoms. The maximum absolute atomic E-state index is 5.10. The summed E-state index contributed by atoms with van der Waals surface area (Å²) >= 11 is 0. The zero-order chi connectivity index (χ0) is 26.7. The first-order chi connectivity index (χ1) is 20.4. The van der Waals surface area contributed by atoms with Gasteiger partial charge in [0.05, 0.1) is 16.6 Å². The maximum Gasteiger partial charge on any atom is 0.178 e. The number of nitrogens with zero attached hydrogens (tertiary/aromatic N) is 5. The van der Waals surface area contributed by atoms with Gasteiger partial charge in [0, 0.05) is 46.0 Å². The number of fused-ring (bicyclic) bond motifs is 16. The Labute approximate surface area is 234 Å². The molecule has 10 rings (SSSR count). The van der Waals surface area contributed by atoms with Crippen LogP contribution in [0.15, 0.2) is 116 Å². The summed E-state index contributed by atoms with van der Waals surface area (Å²) in [5.41, 5.74) is 12.5. The summed E-state index contributed by atoms with van der Waals surface area (Å²) in [5.74, 6) is 0. The summed E-state index contributed by atoms with van der Waals surface area (Å²) in [6, 6.07) is 36.9. The summed E-state index contributed by atoms with van der Waals surface area (Å²) < 4.78 is 4.59. The van der Waals surface area contributed by atoms with Gasteiger partial charge in [-0.05, 0) is 76.2 Å². The van der Waals surface area contributed by atoms with E-state index in [2.05, 4.69) is 105 Å². The smallest absolute Gasteiger partial charge is 0.178 e. The minimum Gasteiger partial charge on any atom is -0.309 e. The third kappa shape index (κ3) is 2.63. The largest absolute Gasteiger partial charge is 0.309 e. The van der Waals surface area contributed by atoms with Crippen molar-refractivity contribution in [3.63, 3.8) is 0 Å². The molecule has 0 amide bonds. The van der Waals surface area contributed by atoms with Crippen LogP contribution < -0.4 is 0 Å². The molecular formula is C36H21N5. The van der Waals surface area contributed by atoms with E-state index in [1.807, 2.05) is 24.5 Å². The van der Waals surface area contributed by atoms with Gasteiger partial charge in [-0.1, -0.05) is 54.6 Å². The van der Waals surface area contributed by atoms with E-state index in [-0.39, 0.29) is 0 Å². The summed E-state index contributed by atoms with van der Waals surface area (Å²) in [4.78, 5) is 14.5. The lowest BCUT2D eigenvalue weighted by atomic mass is 9.98. The lowest BCUT2D eigenvalue weighted by Crippen LogP contribution is -1.96. The fourth-order valence-corrected chi connectivity index (χ4v) is 7.24. The maximum atomic E-state index is 5.10. The van der Waals surface area contributed by atoms with Gasteiger partial charge in [0.1, 0.15) is 11.3 Å². The average Bonchev–Trinajstić information content (AvgIpc) is 3.71. The number of aromatic nitrogens is 5. The summed E-state index contributed by atoms with van der Waals surface area (Å²) in [6.07, 6.45) is 4.52. The topological polar surface area (TPSA) is 48.0 Å². The van der Waals surface area contributed by atoms with Crippen LogP contribution in [0.5, 0.6) is 0 Å². The Morgan fingerprint density at radius 1 is 0.512 bits per heavy atom. The van der Waals surface area contributed by atoms with Gasteiger partial charge in [-0.3, -0.25) is 4.40 Å². The predicted octanol–water partition coefficient (Wildman–Crippen LogP) is 8.25. The molecule has 5 nitrogen and oxygen atoms in total. The molecule has 0 spiro atoms. The molecule has 0 N–H and O–H groups in total. The molecule has 41 heavy (non-hydrogen) atoms. The van der Waals surface area contributed by atoms with Gasteiger partial charge in [-0.25, -0.2) is 15.0 Å². The Morgan fingerprint density at radius 3 is 2.17 bits per heavy atom. The number of rotatable bonds is 1. The van der Waals surface area contributed by atoms with Gasteiger partial charge in [-0.2, -0.15) is 0 Å². The molecule has 0 radical (unpaired) electrons. The van der Waals surface area contributed by atoms with Crippen molar-refractivity contribution in [3.05, 3.63) is 127 Å². The highest BCUT2D eigenvalue weighted by atomic mass is 15.1. The van der Waals surface area contributed by atoms with Crippen LogP contribution in [0.3, 0.4) is 0 Å². The Balaban J connectivity index is 1.34. The van der Waals surface area contributed by atoms with Crippen LogP contribution in [0.1, 0.15) is 11.1 Å². The second-order valence-electron chi connectivity index (χ2n) is 10.9. The standard InChI is InChI=1S/C36H21N5/c1-2-8-21(9-3-1)40-29-12-5-4-10-26(29)32-27-20-28-22(23(27)16-17-30(32)40)14-15-24-25-11-6-19-38-35(25)41-31-13-7-18-37-34(31)39-36(41)33(24)28/h1-19H,20H2. The molecule has 1 aliphatic carbocycles. The van der Waals surface area contributed by atoms with E-state index >= 15 is 0 Å². The van der Waals surface area contributed by atoms with Crippen LogP contribution in [-0.4, -0.2) is 23.9 Å². The molecule has 0 fully saturated rings. The molecule has 5 heterocycles. The summed E-state index contributed by atoms with van der Waals surface area (Å²) in [5, 5.41) is 6.13. The van der Waals surface area contributed by atoms with Gasteiger partial charge in [0.2, 0.25) is 0 Å². The minimum atomic E-state index is 0.744. The highest BCUT2D eigenvalue weighted by molar-refractivity contribution is 6.18. The second-order valence-corrected chi connectivity index (χ2v) is 10.9. The molecule has 190 valence electrons. The van der Waals surface area contributed by atoms with Crippen LogP contribution in [0.4, 0.5) is 0 Å². The van der Waals surface area contributed by atoms with Crippen LogP contribution >= 0.6 is 0 Å². The van der Waals surface area contributed by atoms with Gasteiger partial charge in [-0.15, -0.1) is 0 Å². The second kappa shape index (κ2) is 7.55. The normalized spacial score (nSPS) is 12.8. The van der Waals surface area contributed by atoms with Crippen LogP contribution in [0.25, 0.3) is 77.2 Å². The van der Waals surface area contributed by atoms with Crippen molar-refractivity contribution in [1.82, 2.24) is 23.9 Å². The Morgan fingerprint density at radius 2 is 1.24 bits per heavy atom. The number of hydrogen-bond donors (Lipinski definition) is 0. The third-order valence-corrected chi connectivity index (χ3v) is 8.86. The zero-order valence-electron chi connectivity index (χ0n) is 21.9. The predicted molar refractivity (Wildman–Crippen MR) is 166 cm³/mol. The average molecular weight is 524 g/mol. The Bertz CT molecular complexity index is 2550. The minimum absolute atomic E-state index is 0.744. The fraction of sp³-hybridized carbons (Fsp3) is 0.0278. The fourth-order valence-electron chi connectivity index (χ4n) is 7.24. The molecular weight excluding hydrogens is 502 g/mol. The molecule has 5 aromatic heterocycles. The van der Waals surface area contributed by atoms with Crippen LogP contribution in [0.2, 0.25) is 0 Å². The quantitative estimate of drug-likeness (QED) is 0.204. The van der Waals surface area contributed by atoms with Crippen molar-refractivity contribution in [2.45, 2.75) is 6.42 Å². The molecule has 0 aliphatic heterocycles. The molecule has 9 aromatic rings. The van der Waals surface area contributed by atoms with E-state index in [0.29, 0.717) is 0 Å². The lowest BCUT2D eigenvalue weighted by Gasteiger charge is -2.11. The van der Waals surface area contributed by atoms with E-state index in [1.165, 1.54) is 60.5 Å². The van der Waals surface area contributed by atoms with Gasteiger partial charge < -0.3 is 4.57 Å². The first-order valence-electron chi connectivity index (χ1n) is 13.9. The van der Waals surface area contributed by atoms with E-state index in [4.69, 9.17) is 9.97 Å². The van der Waals surface area contributed by atoms with Crippen molar-refractivity contribution in [1.29, 1.82) is 0 Å². The third-order valence-electron chi connectivity index (χ3n) is 8.86. The van der Waals surface area contributed by atoms with Crippen molar-refractivity contribution >= 4 is 60.4 Å². The number of benzene rings is 4. The SMILES string of the molecule is c1ccc(-n2c3ccccc3c3c4c(ccc32)-c2ccc3c5cccnc5n5c6cccnc6nc5c3c2C4)cc1. The molecule has 1 aliphatic rings. The highest BCUT2D eigenvalue weighted by Gasteiger charge is 2.28. The molecule has 0 unspecified atom stereocenters. The molecule has 5 heteroatoms. The molecule has 0 saturated heterocycles. The summed E-state index contributed by atoms with van der Waals surface area (Å²) in [6.45, 7) is 0. The van der Waals surface area contributed by atoms with Crippen molar-refractivity contribution in [2.24, 2.45) is 0 Å². The molecule has 4 aromatic carbocycles. The van der Waals surface area contributed by atoms with E-state index in [0.717, 1.165) is 34.3 Å². The summed E-state index contributed by atoms with van der Waals surface area (Å²) in [7, 11) is 0. The van der Waals surface area contributed by atoms with Crippen molar-refractivity contribution in [2.75, 3.05) is 0 Å². The number of imidazole rings is 1. The first-order valence-corrected chi connectivity index (χ1v) is 13.9. The Hall–Kier alpha value is -5.55. The number of para-hydroxylation sites is 2. The van der Waals surface area contributed by atoms with E-state index in [9.17, 15) is 0 Å². The van der Waals surface area contributed by atoms with Crippen molar-refractivity contribution < 1.29 is 0 Å². The molecule has 0 atom stereocenters. The Kier molecular flexibility index (Phi) is 3.92. The van der Waals surface area contributed by atoms with Crippen molar-refractivity contribution in [3.8, 4) is 16.8 Å². The van der Waals surface area contributed by atoms with Gasteiger partial charge in [0.25, 0.3) is 0 Å². The first kappa shape index (κ1) is 21.3. The highest BCUT2D eigenvalue weighted by Crippen LogP contribution is 2.48.